The summed E-state index contributed by atoms with van der Waals surface area (Å²) in [6.07, 6.45) is 0.725. The zero-order chi connectivity index (χ0) is 16.9. The molecule has 0 aliphatic carbocycles. The molecule has 0 atom stereocenters. The summed E-state index contributed by atoms with van der Waals surface area (Å²) >= 11 is 1.27. The number of carbonyl (C=O) groups is 2. The molecule has 3 aromatic rings. The quantitative estimate of drug-likeness (QED) is 0.722. The van der Waals surface area contributed by atoms with Crippen LogP contribution in [0.4, 0.5) is 5.00 Å². The van der Waals surface area contributed by atoms with E-state index in [2.05, 4.69) is 5.32 Å². The van der Waals surface area contributed by atoms with E-state index in [4.69, 9.17) is 10.00 Å². The van der Waals surface area contributed by atoms with Crippen molar-refractivity contribution in [2.45, 2.75) is 0 Å². The normalized spacial score (nSPS) is 10.1. The zero-order valence-electron chi connectivity index (χ0n) is 12.5. The first-order valence-corrected chi connectivity index (χ1v) is 7.98. The molecule has 0 fully saturated rings. The number of hydrogen-bond acceptors (Lipinski definition) is 5. The van der Waals surface area contributed by atoms with Crippen molar-refractivity contribution in [1.29, 1.82) is 5.26 Å². The number of benzene rings is 2. The highest BCUT2D eigenvalue weighted by molar-refractivity contribution is 7.14. The Hall–Kier alpha value is -3.17. The SMILES string of the molecule is N#Cc1ccsc1NC(=O)COc1ccc2ccccc2c1C=O. The Labute approximate surface area is 142 Å². The largest absolute Gasteiger partial charge is 0.483 e. The molecule has 1 amide bonds. The lowest BCUT2D eigenvalue weighted by Crippen LogP contribution is -2.20. The third-order valence-electron chi connectivity index (χ3n) is 3.45. The average Bonchev–Trinajstić information content (AvgIpc) is 3.06. The summed E-state index contributed by atoms with van der Waals surface area (Å²) < 4.78 is 5.50. The van der Waals surface area contributed by atoms with Crippen LogP contribution in [-0.4, -0.2) is 18.8 Å². The third kappa shape index (κ3) is 3.12. The van der Waals surface area contributed by atoms with E-state index in [9.17, 15) is 9.59 Å². The Morgan fingerprint density at radius 3 is 2.88 bits per heavy atom. The Balaban J connectivity index is 1.75. The van der Waals surface area contributed by atoms with Crippen LogP contribution in [0.2, 0.25) is 0 Å². The summed E-state index contributed by atoms with van der Waals surface area (Å²) in [6.45, 7) is -0.248. The molecule has 0 bridgehead atoms. The zero-order valence-corrected chi connectivity index (χ0v) is 13.3. The Bertz CT molecular complexity index is 956. The van der Waals surface area contributed by atoms with Crippen molar-refractivity contribution in [3.05, 3.63) is 59.0 Å². The van der Waals surface area contributed by atoms with Crippen molar-refractivity contribution in [2.75, 3.05) is 11.9 Å². The molecule has 0 spiro atoms. The lowest BCUT2D eigenvalue weighted by atomic mass is 10.0. The number of nitrogens with one attached hydrogen (secondary N) is 1. The summed E-state index contributed by atoms with van der Waals surface area (Å²) in [5.41, 5.74) is 0.822. The third-order valence-corrected chi connectivity index (χ3v) is 4.28. The van der Waals surface area contributed by atoms with Crippen molar-refractivity contribution in [3.63, 3.8) is 0 Å². The molecule has 0 aliphatic rings. The van der Waals surface area contributed by atoms with Crippen LogP contribution in [0.1, 0.15) is 15.9 Å². The lowest BCUT2D eigenvalue weighted by Gasteiger charge is -2.10. The molecule has 118 valence electrons. The van der Waals surface area contributed by atoms with Gasteiger partial charge in [-0.1, -0.05) is 30.3 Å². The molecule has 24 heavy (non-hydrogen) atoms. The molecule has 0 unspecified atom stereocenters. The summed E-state index contributed by atoms with van der Waals surface area (Å²) in [7, 11) is 0. The molecule has 0 radical (unpaired) electrons. The van der Waals surface area contributed by atoms with E-state index < -0.39 is 0 Å². The number of carbonyl (C=O) groups excluding carboxylic acids is 2. The van der Waals surface area contributed by atoms with Crippen LogP contribution in [0.15, 0.2) is 47.8 Å². The number of ether oxygens (including phenoxy) is 1. The Morgan fingerprint density at radius 1 is 1.25 bits per heavy atom. The topological polar surface area (TPSA) is 79.2 Å². The van der Waals surface area contributed by atoms with Gasteiger partial charge in [0.15, 0.2) is 12.9 Å². The van der Waals surface area contributed by atoms with Gasteiger partial charge in [0, 0.05) is 0 Å². The first kappa shape index (κ1) is 15.7. The number of nitriles is 1. The second-order valence-corrected chi connectivity index (χ2v) is 5.84. The van der Waals surface area contributed by atoms with E-state index in [1.54, 1.807) is 17.5 Å². The number of fused-ring (bicyclic) bond motifs is 1. The first-order chi connectivity index (χ1) is 11.7. The van der Waals surface area contributed by atoms with Crippen LogP contribution in [-0.2, 0) is 4.79 Å². The van der Waals surface area contributed by atoms with E-state index in [-0.39, 0.29) is 12.5 Å². The number of anilines is 1. The van der Waals surface area contributed by atoms with Crippen LogP contribution in [0.25, 0.3) is 10.8 Å². The molecule has 3 rings (SSSR count). The van der Waals surface area contributed by atoms with E-state index >= 15 is 0 Å². The molecule has 0 aliphatic heterocycles. The number of thiophene rings is 1. The fraction of sp³-hybridized carbons (Fsp3) is 0.0556. The van der Waals surface area contributed by atoms with Gasteiger partial charge in [0.05, 0.1) is 11.1 Å². The molecule has 1 heterocycles. The van der Waals surface area contributed by atoms with Gasteiger partial charge in [-0.3, -0.25) is 9.59 Å². The maximum atomic E-state index is 12.0. The monoisotopic (exact) mass is 336 g/mol. The fourth-order valence-corrected chi connectivity index (χ4v) is 3.08. The maximum absolute atomic E-state index is 12.0. The Morgan fingerprint density at radius 2 is 2.08 bits per heavy atom. The van der Waals surface area contributed by atoms with Gasteiger partial charge in [0.25, 0.3) is 5.91 Å². The van der Waals surface area contributed by atoms with Gasteiger partial charge >= 0.3 is 0 Å². The number of aldehydes is 1. The van der Waals surface area contributed by atoms with Crippen LogP contribution in [0, 0.1) is 11.3 Å². The molecule has 1 N–H and O–H groups in total. The molecular weight excluding hydrogens is 324 g/mol. The molecule has 5 nitrogen and oxygen atoms in total. The minimum Gasteiger partial charge on any atom is -0.483 e. The van der Waals surface area contributed by atoms with Crippen molar-refractivity contribution in [2.24, 2.45) is 0 Å². The van der Waals surface area contributed by atoms with Gasteiger partial charge in [-0.25, -0.2) is 0 Å². The molecule has 1 aromatic heterocycles. The van der Waals surface area contributed by atoms with Gasteiger partial charge in [0.2, 0.25) is 0 Å². The summed E-state index contributed by atoms with van der Waals surface area (Å²) in [5.74, 6) is -0.0375. The number of hydrogen-bond donors (Lipinski definition) is 1. The molecule has 2 aromatic carbocycles. The van der Waals surface area contributed by atoms with E-state index in [1.165, 1.54) is 11.3 Å². The van der Waals surface area contributed by atoms with Crippen molar-refractivity contribution >= 4 is 39.3 Å². The van der Waals surface area contributed by atoms with Gasteiger partial charge in [-0.05, 0) is 28.3 Å². The number of nitrogens with zero attached hydrogens (tertiary/aromatic N) is 1. The highest BCUT2D eigenvalue weighted by Crippen LogP contribution is 2.27. The summed E-state index contributed by atoms with van der Waals surface area (Å²) in [6, 6.07) is 14.6. The van der Waals surface area contributed by atoms with Crippen molar-refractivity contribution < 1.29 is 14.3 Å². The molecule has 0 saturated carbocycles. The molecular formula is C18H12N2O3S. The van der Waals surface area contributed by atoms with Crippen LogP contribution < -0.4 is 10.1 Å². The van der Waals surface area contributed by atoms with E-state index in [1.807, 2.05) is 36.4 Å². The predicted octanol–water partition coefficient (Wildman–Crippen LogP) is 3.60. The average molecular weight is 336 g/mol. The minimum atomic E-state index is -0.390. The van der Waals surface area contributed by atoms with Crippen molar-refractivity contribution in [3.8, 4) is 11.8 Å². The molecule has 6 heteroatoms. The smallest absolute Gasteiger partial charge is 0.262 e. The fourth-order valence-electron chi connectivity index (χ4n) is 2.32. The lowest BCUT2D eigenvalue weighted by molar-refractivity contribution is -0.118. The van der Waals surface area contributed by atoms with Crippen molar-refractivity contribution in [1.82, 2.24) is 0 Å². The van der Waals surface area contributed by atoms with Crippen LogP contribution >= 0.6 is 11.3 Å². The minimum absolute atomic E-state index is 0.248. The number of rotatable bonds is 5. The second-order valence-electron chi connectivity index (χ2n) is 4.93. The van der Waals surface area contributed by atoms with E-state index in [0.717, 1.165) is 17.1 Å². The first-order valence-electron chi connectivity index (χ1n) is 7.10. The van der Waals surface area contributed by atoms with Gasteiger partial charge < -0.3 is 10.1 Å². The van der Waals surface area contributed by atoms with Gasteiger partial charge in [0.1, 0.15) is 16.8 Å². The second kappa shape index (κ2) is 6.94. The number of amides is 1. The maximum Gasteiger partial charge on any atom is 0.262 e. The predicted molar refractivity (Wildman–Crippen MR) is 92.5 cm³/mol. The van der Waals surface area contributed by atoms with E-state index in [0.29, 0.717) is 21.9 Å². The van der Waals surface area contributed by atoms with Crippen LogP contribution in [0.3, 0.4) is 0 Å². The highest BCUT2D eigenvalue weighted by Gasteiger charge is 2.12. The molecule has 0 saturated heterocycles. The highest BCUT2D eigenvalue weighted by atomic mass is 32.1. The standard InChI is InChI=1S/C18H12N2O3S/c19-9-13-7-8-24-18(13)20-17(22)11-23-16-6-5-12-3-1-2-4-14(12)15(16)10-21/h1-8,10H,11H2,(H,20,22). The van der Waals surface area contributed by atoms with Gasteiger partial charge in [-0.2, -0.15) is 5.26 Å². The van der Waals surface area contributed by atoms with Gasteiger partial charge in [-0.15, -0.1) is 11.3 Å². The summed E-state index contributed by atoms with van der Waals surface area (Å²) in [5, 5.41) is 15.5. The Kier molecular flexibility index (Phi) is 4.54. The van der Waals surface area contributed by atoms with Crippen LogP contribution in [0.5, 0.6) is 5.75 Å². The summed E-state index contributed by atoms with van der Waals surface area (Å²) in [4.78, 5) is 23.4.